The molecule has 0 heterocycles. The normalized spacial score (nSPS) is 13.1. The van der Waals surface area contributed by atoms with E-state index in [2.05, 4.69) is 17.6 Å². The Morgan fingerprint density at radius 3 is 2.00 bits per heavy atom. The fourth-order valence-electron chi connectivity index (χ4n) is 2.40. The van der Waals surface area contributed by atoms with Crippen LogP contribution in [0.2, 0.25) is 0 Å². The second kappa shape index (κ2) is 8.10. The van der Waals surface area contributed by atoms with E-state index in [0.29, 0.717) is 6.54 Å². The van der Waals surface area contributed by atoms with Crippen LogP contribution in [0, 0.1) is 0 Å². The van der Waals surface area contributed by atoms with Gasteiger partial charge in [0.15, 0.2) is 0 Å². The molecule has 5 heteroatoms. The molecule has 4 N–H and O–H groups in total. The number of benzene rings is 2. The monoisotopic (exact) mass is 311 g/mol. The van der Waals surface area contributed by atoms with E-state index in [-0.39, 0.29) is 5.92 Å². The largest absolute Gasteiger partial charge is 0.351 e. The van der Waals surface area contributed by atoms with Crippen LogP contribution < -0.4 is 16.4 Å². The molecule has 5 nitrogen and oxygen atoms in total. The molecule has 0 saturated carbocycles. The zero-order valence-electron chi connectivity index (χ0n) is 13.0. The lowest BCUT2D eigenvalue weighted by atomic mass is 10.00. The summed E-state index contributed by atoms with van der Waals surface area (Å²) in [6.07, 6.45) is 0. The molecular formula is C18H21N3O2. The first-order chi connectivity index (χ1) is 11.1. The zero-order valence-corrected chi connectivity index (χ0v) is 13.0. The third-order valence-electron chi connectivity index (χ3n) is 3.64. The standard InChI is InChI=1S/C18H21N3O2/c1-13(14-8-4-2-5-9-14)12-20-16(17(22)21-18(19)23)15-10-6-3-7-11-15/h2-11,13,16,20H,12H2,1H3,(H3,19,21,22,23)/t13-,16-/m1/s1. The molecule has 2 atom stereocenters. The predicted octanol–water partition coefficient (Wildman–Crippen LogP) is 2.32. The third-order valence-corrected chi connectivity index (χ3v) is 3.64. The Bertz CT molecular complexity index is 644. The van der Waals surface area contributed by atoms with Gasteiger partial charge in [0.25, 0.3) is 0 Å². The molecule has 0 aliphatic carbocycles. The molecule has 2 aromatic carbocycles. The highest BCUT2D eigenvalue weighted by molar-refractivity contribution is 5.96. The van der Waals surface area contributed by atoms with Crippen LogP contribution in [0.15, 0.2) is 60.7 Å². The van der Waals surface area contributed by atoms with E-state index in [1.165, 1.54) is 5.56 Å². The summed E-state index contributed by atoms with van der Waals surface area (Å²) < 4.78 is 0. The number of hydrogen-bond donors (Lipinski definition) is 3. The average molecular weight is 311 g/mol. The first kappa shape index (κ1) is 16.7. The summed E-state index contributed by atoms with van der Waals surface area (Å²) in [7, 11) is 0. The summed E-state index contributed by atoms with van der Waals surface area (Å²) in [6, 6.07) is 17.8. The van der Waals surface area contributed by atoms with Crippen LogP contribution in [0.3, 0.4) is 0 Å². The van der Waals surface area contributed by atoms with Crippen molar-refractivity contribution < 1.29 is 9.59 Å². The molecule has 0 bridgehead atoms. The van der Waals surface area contributed by atoms with Crippen LogP contribution in [0.1, 0.15) is 30.0 Å². The zero-order chi connectivity index (χ0) is 16.7. The number of imide groups is 1. The summed E-state index contributed by atoms with van der Waals surface area (Å²) in [5.41, 5.74) is 7.02. The number of carbonyl (C=O) groups is 2. The maximum atomic E-state index is 12.2. The van der Waals surface area contributed by atoms with Crippen LogP contribution >= 0.6 is 0 Å². The molecule has 3 amide bonds. The molecule has 0 aliphatic rings. The van der Waals surface area contributed by atoms with Crippen LogP contribution in [0.5, 0.6) is 0 Å². The van der Waals surface area contributed by atoms with E-state index in [9.17, 15) is 9.59 Å². The Hall–Kier alpha value is -2.66. The van der Waals surface area contributed by atoms with Crippen molar-refractivity contribution >= 4 is 11.9 Å². The Balaban J connectivity index is 2.09. The van der Waals surface area contributed by atoms with Crippen molar-refractivity contribution in [2.24, 2.45) is 5.73 Å². The van der Waals surface area contributed by atoms with E-state index >= 15 is 0 Å². The van der Waals surface area contributed by atoms with Crippen molar-refractivity contribution in [3.8, 4) is 0 Å². The molecule has 0 radical (unpaired) electrons. The van der Waals surface area contributed by atoms with E-state index in [4.69, 9.17) is 5.73 Å². The lowest BCUT2D eigenvalue weighted by molar-refractivity contribution is -0.122. The lowest BCUT2D eigenvalue weighted by Crippen LogP contribution is -2.43. The molecular weight excluding hydrogens is 290 g/mol. The summed E-state index contributed by atoms with van der Waals surface area (Å²) in [6.45, 7) is 2.67. The molecule has 0 aromatic heterocycles. The molecule has 0 fully saturated rings. The first-order valence-electron chi connectivity index (χ1n) is 7.51. The third kappa shape index (κ3) is 4.93. The Labute approximate surface area is 135 Å². The fraction of sp³-hybridized carbons (Fsp3) is 0.222. The highest BCUT2D eigenvalue weighted by atomic mass is 16.2. The van der Waals surface area contributed by atoms with Gasteiger partial charge in [0.05, 0.1) is 0 Å². The van der Waals surface area contributed by atoms with Crippen molar-refractivity contribution in [3.63, 3.8) is 0 Å². The number of rotatable bonds is 6. The van der Waals surface area contributed by atoms with Crippen LogP contribution in [0.25, 0.3) is 0 Å². The molecule has 120 valence electrons. The van der Waals surface area contributed by atoms with Gasteiger partial charge < -0.3 is 11.1 Å². The minimum atomic E-state index is -0.853. The number of nitrogens with two attached hydrogens (primary N) is 1. The minimum absolute atomic E-state index is 0.226. The van der Waals surface area contributed by atoms with Crippen molar-refractivity contribution in [2.75, 3.05) is 6.54 Å². The van der Waals surface area contributed by atoms with Gasteiger partial charge in [-0.1, -0.05) is 67.6 Å². The molecule has 2 aromatic rings. The van der Waals surface area contributed by atoms with E-state index in [0.717, 1.165) is 5.56 Å². The number of urea groups is 1. The number of nitrogens with one attached hydrogen (secondary N) is 2. The predicted molar refractivity (Wildman–Crippen MR) is 89.8 cm³/mol. The second-order valence-corrected chi connectivity index (χ2v) is 5.42. The van der Waals surface area contributed by atoms with Gasteiger partial charge in [-0.2, -0.15) is 0 Å². The van der Waals surface area contributed by atoms with Gasteiger partial charge >= 0.3 is 6.03 Å². The van der Waals surface area contributed by atoms with Crippen molar-refractivity contribution in [2.45, 2.75) is 18.9 Å². The van der Waals surface area contributed by atoms with Crippen LogP contribution in [0.4, 0.5) is 4.79 Å². The van der Waals surface area contributed by atoms with E-state index in [1.54, 1.807) is 0 Å². The molecule has 0 unspecified atom stereocenters. The smallest absolute Gasteiger partial charge is 0.318 e. The van der Waals surface area contributed by atoms with E-state index < -0.39 is 18.0 Å². The summed E-state index contributed by atoms with van der Waals surface area (Å²) in [5.74, 6) is -0.229. The van der Waals surface area contributed by atoms with Gasteiger partial charge in [0.1, 0.15) is 6.04 Å². The topological polar surface area (TPSA) is 84.2 Å². The molecule has 0 saturated heterocycles. The molecule has 23 heavy (non-hydrogen) atoms. The highest BCUT2D eigenvalue weighted by Crippen LogP contribution is 2.17. The molecule has 0 spiro atoms. The molecule has 2 rings (SSSR count). The quantitative estimate of drug-likeness (QED) is 0.765. The Morgan fingerprint density at radius 2 is 1.48 bits per heavy atom. The number of hydrogen-bond acceptors (Lipinski definition) is 3. The number of primary amides is 1. The summed E-state index contributed by atoms with van der Waals surface area (Å²) in [5, 5.41) is 5.36. The Kier molecular flexibility index (Phi) is 5.88. The van der Waals surface area contributed by atoms with Gasteiger partial charge in [-0.3, -0.25) is 10.1 Å². The van der Waals surface area contributed by atoms with Gasteiger partial charge in [-0.05, 0) is 17.0 Å². The SMILES string of the molecule is C[C@H](CN[C@@H](C(=O)NC(N)=O)c1ccccc1)c1ccccc1. The van der Waals surface area contributed by atoms with Crippen molar-refractivity contribution in [1.82, 2.24) is 10.6 Å². The Morgan fingerprint density at radius 1 is 0.957 bits per heavy atom. The van der Waals surface area contributed by atoms with Gasteiger partial charge in [-0.15, -0.1) is 0 Å². The first-order valence-corrected chi connectivity index (χ1v) is 7.51. The second-order valence-electron chi connectivity index (χ2n) is 5.42. The minimum Gasteiger partial charge on any atom is -0.351 e. The van der Waals surface area contributed by atoms with Gasteiger partial charge in [0, 0.05) is 6.54 Å². The van der Waals surface area contributed by atoms with E-state index in [1.807, 2.05) is 60.7 Å². The highest BCUT2D eigenvalue weighted by Gasteiger charge is 2.22. The summed E-state index contributed by atoms with van der Waals surface area (Å²) >= 11 is 0. The lowest BCUT2D eigenvalue weighted by Gasteiger charge is -2.21. The van der Waals surface area contributed by atoms with Crippen LogP contribution in [-0.2, 0) is 4.79 Å². The maximum absolute atomic E-state index is 12.2. The van der Waals surface area contributed by atoms with Crippen molar-refractivity contribution in [3.05, 3.63) is 71.8 Å². The van der Waals surface area contributed by atoms with Crippen LogP contribution in [-0.4, -0.2) is 18.5 Å². The fourth-order valence-corrected chi connectivity index (χ4v) is 2.40. The molecule has 0 aliphatic heterocycles. The van der Waals surface area contributed by atoms with Crippen molar-refractivity contribution in [1.29, 1.82) is 0 Å². The maximum Gasteiger partial charge on any atom is 0.318 e. The summed E-state index contributed by atoms with van der Waals surface area (Å²) in [4.78, 5) is 23.2. The number of carbonyl (C=O) groups excluding carboxylic acids is 2. The van der Waals surface area contributed by atoms with Gasteiger partial charge in [-0.25, -0.2) is 4.79 Å². The average Bonchev–Trinajstić information content (AvgIpc) is 2.56. The van der Waals surface area contributed by atoms with Gasteiger partial charge in [0.2, 0.25) is 5.91 Å². The number of amides is 3.